The van der Waals surface area contributed by atoms with Crippen molar-refractivity contribution in [2.45, 2.75) is 40.0 Å². The molecular formula is C10H23N. The third-order valence-corrected chi connectivity index (χ3v) is 2.32. The lowest BCUT2D eigenvalue weighted by atomic mass is 10.0. The Labute approximate surface area is 71.8 Å². The van der Waals surface area contributed by atoms with E-state index in [1.54, 1.807) is 0 Å². The molecule has 0 N–H and O–H groups in total. The first-order valence-corrected chi connectivity index (χ1v) is 4.89. The van der Waals surface area contributed by atoms with Crippen LogP contribution < -0.4 is 0 Å². The Morgan fingerprint density at radius 1 is 1.18 bits per heavy atom. The molecule has 0 aliphatic rings. The van der Waals surface area contributed by atoms with E-state index in [4.69, 9.17) is 0 Å². The standard InChI is InChI=1S/C10H23N/c1-5-7-10(3)8-9-11(4)6-2/h10H,5-9H2,1-4H3. The maximum atomic E-state index is 2.38. The molecule has 0 aromatic heterocycles. The highest BCUT2D eigenvalue weighted by molar-refractivity contribution is 4.55. The molecule has 1 unspecified atom stereocenters. The van der Waals surface area contributed by atoms with Crippen LogP contribution >= 0.6 is 0 Å². The van der Waals surface area contributed by atoms with Crippen LogP contribution in [0.3, 0.4) is 0 Å². The maximum absolute atomic E-state index is 2.38. The SMILES string of the molecule is CCCC(C)CCN(C)CC. The molecule has 11 heavy (non-hydrogen) atoms. The third kappa shape index (κ3) is 6.36. The summed E-state index contributed by atoms with van der Waals surface area (Å²) in [5.41, 5.74) is 0. The van der Waals surface area contributed by atoms with E-state index < -0.39 is 0 Å². The lowest BCUT2D eigenvalue weighted by Crippen LogP contribution is -2.20. The van der Waals surface area contributed by atoms with Crippen LogP contribution in [0.25, 0.3) is 0 Å². The van der Waals surface area contributed by atoms with Gasteiger partial charge in [0.05, 0.1) is 0 Å². The minimum Gasteiger partial charge on any atom is -0.307 e. The Bertz CT molecular complexity index is 80.9. The van der Waals surface area contributed by atoms with E-state index in [2.05, 4.69) is 32.7 Å². The normalized spacial score (nSPS) is 13.9. The molecule has 1 heteroatoms. The largest absolute Gasteiger partial charge is 0.307 e. The zero-order valence-electron chi connectivity index (χ0n) is 8.56. The quantitative estimate of drug-likeness (QED) is 0.573. The van der Waals surface area contributed by atoms with E-state index >= 15 is 0 Å². The zero-order valence-corrected chi connectivity index (χ0v) is 8.56. The number of rotatable bonds is 6. The molecule has 0 saturated heterocycles. The van der Waals surface area contributed by atoms with Crippen LogP contribution in [0, 0.1) is 5.92 Å². The van der Waals surface area contributed by atoms with Crippen LogP contribution in [0.15, 0.2) is 0 Å². The molecular weight excluding hydrogens is 134 g/mol. The van der Waals surface area contributed by atoms with Crippen LogP contribution in [0.4, 0.5) is 0 Å². The maximum Gasteiger partial charge on any atom is -0.00194 e. The van der Waals surface area contributed by atoms with E-state index in [1.165, 1.54) is 32.4 Å². The summed E-state index contributed by atoms with van der Waals surface area (Å²) >= 11 is 0. The van der Waals surface area contributed by atoms with Crippen LogP contribution in [0.5, 0.6) is 0 Å². The van der Waals surface area contributed by atoms with Crippen LogP contribution in [-0.4, -0.2) is 25.0 Å². The Morgan fingerprint density at radius 3 is 2.27 bits per heavy atom. The monoisotopic (exact) mass is 157 g/mol. The topological polar surface area (TPSA) is 3.24 Å². The second-order valence-electron chi connectivity index (χ2n) is 3.58. The van der Waals surface area contributed by atoms with Crippen molar-refractivity contribution in [3.8, 4) is 0 Å². The van der Waals surface area contributed by atoms with Gasteiger partial charge in [-0.3, -0.25) is 0 Å². The smallest absolute Gasteiger partial charge is 0.00194 e. The molecule has 68 valence electrons. The van der Waals surface area contributed by atoms with Crippen molar-refractivity contribution in [1.29, 1.82) is 0 Å². The Kier molecular flexibility index (Phi) is 6.63. The number of hydrogen-bond acceptors (Lipinski definition) is 1. The third-order valence-electron chi connectivity index (χ3n) is 2.32. The van der Waals surface area contributed by atoms with Crippen LogP contribution in [-0.2, 0) is 0 Å². The molecule has 0 amide bonds. The minimum absolute atomic E-state index is 0.911. The number of nitrogens with zero attached hydrogens (tertiary/aromatic N) is 1. The summed E-state index contributed by atoms with van der Waals surface area (Å²) in [6.45, 7) is 9.27. The molecule has 1 nitrogen and oxygen atoms in total. The first-order valence-electron chi connectivity index (χ1n) is 4.89. The van der Waals surface area contributed by atoms with Crippen LogP contribution in [0.1, 0.15) is 40.0 Å². The van der Waals surface area contributed by atoms with Crippen LogP contribution in [0.2, 0.25) is 0 Å². The fourth-order valence-corrected chi connectivity index (χ4v) is 1.24. The molecule has 0 aromatic rings. The average Bonchev–Trinajstić information content (AvgIpc) is 2.01. The van der Waals surface area contributed by atoms with Gasteiger partial charge in [-0.25, -0.2) is 0 Å². The average molecular weight is 157 g/mol. The highest BCUT2D eigenvalue weighted by Crippen LogP contribution is 2.09. The van der Waals surface area contributed by atoms with Crippen molar-refractivity contribution in [2.24, 2.45) is 5.92 Å². The van der Waals surface area contributed by atoms with Gasteiger partial charge in [-0.05, 0) is 32.5 Å². The van der Waals surface area contributed by atoms with Gasteiger partial charge in [0.25, 0.3) is 0 Å². The summed E-state index contributed by atoms with van der Waals surface area (Å²) in [5, 5.41) is 0. The van der Waals surface area contributed by atoms with Gasteiger partial charge in [-0.2, -0.15) is 0 Å². The molecule has 0 spiro atoms. The van der Waals surface area contributed by atoms with Crippen molar-refractivity contribution in [1.82, 2.24) is 4.90 Å². The van der Waals surface area contributed by atoms with Crippen molar-refractivity contribution in [3.63, 3.8) is 0 Å². The highest BCUT2D eigenvalue weighted by atomic mass is 15.1. The van der Waals surface area contributed by atoms with E-state index in [-0.39, 0.29) is 0 Å². The molecule has 0 aromatic carbocycles. The molecule has 1 atom stereocenters. The highest BCUT2D eigenvalue weighted by Gasteiger charge is 2.01. The summed E-state index contributed by atoms with van der Waals surface area (Å²) < 4.78 is 0. The molecule has 0 aliphatic heterocycles. The molecule has 0 saturated carbocycles. The first kappa shape index (κ1) is 11.0. The first-order chi connectivity index (χ1) is 5.20. The minimum atomic E-state index is 0.911. The van der Waals surface area contributed by atoms with Crippen molar-refractivity contribution in [2.75, 3.05) is 20.1 Å². The van der Waals surface area contributed by atoms with Gasteiger partial charge in [0.2, 0.25) is 0 Å². The second kappa shape index (κ2) is 6.66. The van der Waals surface area contributed by atoms with Gasteiger partial charge >= 0.3 is 0 Å². The Balaban J connectivity index is 3.22. The van der Waals surface area contributed by atoms with E-state index in [0.29, 0.717) is 0 Å². The van der Waals surface area contributed by atoms with Gasteiger partial charge in [0.15, 0.2) is 0 Å². The van der Waals surface area contributed by atoms with E-state index in [9.17, 15) is 0 Å². The van der Waals surface area contributed by atoms with Gasteiger partial charge in [-0.1, -0.05) is 33.6 Å². The summed E-state index contributed by atoms with van der Waals surface area (Å²) in [7, 11) is 2.19. The lowest BCUT2D eigenvalue weighted by Gasteiger charge is -2.16. The Hall–Kier alpha value is -0.0400. The summed E-state index contributed by atoms with van der Waals surface area (Å²) in [6.07, 6.45) is 4.08. The summed E-state index contributed by atoms with van der Waals surface area (Å²) in [6, 6.07) is 0. The van der Waals surface area contributed by atoms with Gasteiger partial charge in [-0.15, -0.1) is 0 Å². The van der Waals surface area contributed by atoms with Gasteiger partial charge in [0.1, 0.15) is 0 Å². The summed E-state index contributed by atoms with van der Waals surface area (Å²) in [4.78, 5) is 2.38. The fourth-order valence-electron chi connectivity index (χ4n) is 1.24. The van der Waals surface area contributed by atoms with Crippen molar-refractivity contribution < 1.29 is 0 Å². The molecule has 0 bridgehead atoms. The zero-order chi connectivity index (χ0) is 8.69. The fraction of sp³-hybridized carbons (Fsp3) is 1.00. The predicted octanol–water partition coefficient (Wildman–Crippen LogP) is 2.76. The molecule has 0 radical (unpaired) electrons. The Morgan fingerprint density at radius 2 is 1.82 bits per heavy atom. The molecule has 0 rings (SSSR count). The molecule has 0 aliphatic carbocycles. The van der Waals surface area contributed by atoms with Gasteiger partial charge < -0.3 is 4.90 Å². The van der Waals surface area contributed by atoms with Gasteiger partial charge in [0, 0.05) is 0 Å². The van der Waals surface area contributed by atoms with E-state index in [1.807, 2.05) is 0 Å². The van der Waals surface area contributed by atoms with Crippen molar-refractivity contribution >= 4 is 0 Å². The molecule has 0 fully saturated rings. The lowest BCUT2D eigenvalue weighted by molar-refractivity contribution is 0.313. The van der Waals surface area contributed by atoms with E-state index in [0.717, 1.165) is 5.92 Å². The molecule has 0 heterocycles. The second-order valence-corrected chi connectivity index (χ2v) is 3.58. The van der Waals surface area contributed by atoms with Crippen molar-refractivity contribution in [3.05, 3.63) is 0 Å². The predicted molar refractivity (Wildman–Crippen MR) is 51.9 cm³/mol. The summed E-state index contributed by atoms with van der Waals surface area (Å²) in [5.74, 6) is 0.911. The number of hydrogen-bond donors (Lipinski definition) is 0.